The van der Waals surface area contributed by atoms with Crippen LogP contribution in [0.1, 0.15) is 113 Å². The molecule has 0 unspecified atom stereocenters. The highest BCUT2D eigenvalue weighted by Crippen LogP contribution is 2.51. The fourth-order valence-corrected chi connectivity index (χ4v) is 13.1. The van der Waals surface area contributed by atoms with Gasteiger partial charge in [-0.25, -0.2) is 8.78 Å². The molecule has 87 heavy (non-hydrogen) atoms. The van der Waals surface area contributed by atoms with Gasteiger partial charge in [0, 0.05) is 39.8 Å². The van der Waals surface area contributed by atoms with Crippen molar-refractivity contribution in [1.29, 1.82) is 0 Å². The summed E-state index contributed by atoms with van der Waals surface area (Å²) in [5.41, 5.74) is 13.9. The van der Waals surface area contributed by atoms with Crippen molar-refractivity contribution in [2.75, 3.05) is 0 Å². The minimum Gasteiger partial charge on any atom is -0.507 e. The molecule has 0 radical (unpaired) electrons. The van der Waals surface area contributed by atoms with Crippen LogP contribution in [-0.4, -0.2) is 22.4 Å². The molecule has 6 heteroatoms. The van der Waals surface area contributed by atoms with Crippen molar-refractivity contribution in [3.05, 3.63) is 241 Å². The van der Waals surface area contributed by atoms with Gasteiger partial charge in [-0.1, -0.05) is 191 Å². The number of ether oxygens (including phenoxy) is 2. The number of phenols is 2. The Labute approximate surface area is 515 Å². The largest absolute Gasteiger partial charge is 0.507 e. The van der Waals surface area contributed by atoms with E-state index in [4.69, 9.17) is 9.47 Å². The smallest absolute Gasteiger partial charge is 0.131 e. The number of hydrogen-bond acceptors (Lipinski definition) is 4. The van der Waals surface area contributed by atoms with Crippen molar-refractivity contribution in [3.63, 3.8) is 0 Å². The number of rotatable bonds is 18. The zero-order valence-corrected chi connectivity index (χ0v) is 52.5. The van der Waals surface area contributed by atoms with Gasteiger partial charge in [0.2, 0.25) is 0 Å². The molecule has 0 aromatic heterocycles. The van der Waals surface area contributed by atoms with Gasteiger partial charge in [0.1, 0.15) is 34.6 Å². The highest BCUT2D eigenvalue weighted by molar-refractivity contribution is 5.91. The van der Waals surface area contributed by atoms with Gasteiger partial charge < -0.3 is 19.7 Å². The molecule has 0 saturated carbocycles. The maximum atomic E-state index is 15.9. The topological polar surface area (TPSA) is 58.9 Å². The van der Waals surface area contributed by atoms with Crippen LogP contribution in [0.5, 0.6) is 23.0 Å². The van der Waals surface area contributed by atoms with Crippen LogP contribution in [0.2, 0.25) is 0 Å². The van der Waals surface area contributed by atoms with Gasteiger partial charge in [-0.3, -0.25) is 0 Å². The normalized spacial score (nSPS) is 12.9. The molecule has 10 rings (SSSR count). The summed E-state index contributed by atoms with van der Waals surface area (Å²) >= 11 is 0. The molecule has 10 aromatic carbocycles. The van der Waals surface area contributed by atoms with Crippen LogP contribution in [0.15, 0.2) is 218 Å². The first-order chi connectivity index (χ1) is 41.3. The summed E-state index contributed by atoms with van der Waals surface area (Å²) in [5.74, 6) is -0.130. The van der Waals surface area contributed by atoms with Gasteiger partial charge in [-0.05, 0) is 212 Å². The number of phenolic OH excluding ortho intramolecular Hbond substituents is 2. The van der Waals surface area contributed by atoms with Crippen LogP contribution in [0.25, 0.3) is 89.0 Å². The summed E-state index contributed by atoms with van der Waals surface area (Å²) in [6.07, 6.45) is 1.04. The Morgan fingerprint density at radius 3 is 0.885 bits per heavy atom. The Morgan fingerprint density at radius 2 is 0.598 bits per heavy atom. The van der Waals surface area contributed by atoms with Crippen molar-refractivity contribution in [2.45, 2.75) is 125 Å². The number of halogens is 2. The molecule has 0 amide bonds. The lowest BCUT2D eigenvalue weighted by Crippen LogP contribution is -2.25. The van der Waals surface area contributed by atoms with Crippen LogP contribution in [-0.2, 0) is 10.8 Å². The lowest BCUT2D eigenvalue weighted by atomic mass is 9.71. The Hall–Kier alpha value is -8.74. The zero-order valence-electron chi connectivity index (χ0n) is 52.5. The van der Waals surface area contributed by atoms with Gasteiger partial charge in [-0.15, -0.1) is 0 Å². The van der Waals surface area contributed by atoms with Crippen molar-refractivity contribution in [1.82, 2.24) is 0 Å². The van der Waals surface area contributed by atoms with E-state index in [0.717, 1.165) is 79.6 Å². The highest BCUT2D eigenvalue weighted by Gasteiger charge is 2.33. The second-order valence-electron chi connectivity index (χ2n) is 27.5. The van der Waals surface area contributed by atoms with Crippen LogP contribution in [0.4, 0.5) is 8.78 Å². The molecule has 0 fully saturated rings. The molecule has 0 heterocycles. The predicted molar refractivity (Wildman–Crippen MR) is 359 cm³/mol. The summed E-state index contributed by atoms with van der Waals surface area (Å²) < 4.78 is 45.5. The Kier molecular flexibility index (Phi) is 17.6. The molecule has 0 saturated heterocycles. The molecular formula is C81H82F2O4. The molecule has 2 N–H and O–H groups in total. The minimum atomic E-state index is -0.497. The summed E-state index contributed by atoms with van der Waals surface area (Å²) in [7, 11) is 0. The predicted octanol–water partition coefficient (Wildman–Crippen LogP) is 22.8. The van der Waals surface area contributed by atoms with Crippen LogP contribution >= 0.6 is 0 Å². The fraction of sp³-hybridized carbons (Fsp3) is 0.259. The molecule has 444 valence electrons. The summed E-state index contributed by atoms with van der Waals surface area (Å²) in [6.45, 7) is 26.2. The van der Waals surface area contributed by atoms with E-state index in [2.05, 4.69) is 166 Å². The van der Waals surface area contributed by atoms with E-state index in [-0.39, 0.29) is 33.2 Å². The first-order valence-electron chi connectivity index (χ1n) is 30.5. The number of hydrogen-bond donors (Lipinski definition) is 2. The van der Waals surface area contributed by atoms with E-state index in [9.17, 15) is 10.2 Å². The Bertz CT molecular complexity index is 3660. The van der Waals surface area contributed by atoms with Gasteiger partial charge in [0.15, 0.2) is 0 Å². The standard InChI is InChI=1S/C81H82F2O4/c1-52(86-74-35-33-66(82)48-70(74)72-46-64(80(9,10)50-78(3,4)5)44-68(76(72)84)62-40-58(54-25-17-13-18-26-54)38-59(41-62)55-27-19-14-20-28-55)37-53(2)87-75-36-34-67(83)49-71(75)73-47-65(81(11,12)51-79(6,7)8)45-69(77(73)85)63-42-60(56-29-21-15-22-30-56)39-61(43-63)57-31-23-16-24-32-57/h13-36,38-49,52-53,84-85H,37,50-51H2,1-12H3/t52-,53+. The first kappa shape index (κ1) is 61.4. The van der Waals surface area contributed by atoms with E-state index in [1.165, 1.54) is 24.3 Å². The van der Waals surface area contributed by atoms with Gasteiger partial charge in [0.05, 0.1) is 12.2 Å². The van der Waals surface area contributed by atoms with E-state index in [1.54, 1.807) is 12.1 Å². The van der Waals surface area contributed by atoms with Crippen molar-refractivity contribution < 1.29 is 28.5 Å². The molecule has 0 aliphatic rings. The molecule has 4 nitrogen and oxygen atoms in total. The molecule has 0 aliphatic heterocycles. The Morgan fingerprint density at radius 1 is 0.322 bits per heavy atom. The third kappa shape index (κ3) is 14.6. The van der Waals surface area contributed by atoms with E-state index >= 15 is 8.78 Å². The number of benzene rings is 10. The van der Waals surface area contributed by atoms with E-state index in [1.807, 2.05) is 98.8 Å². The van der Waals surface area contributed by atoms with Gasteiger partial charge in [0.25, 0.3) is 0 Å². The van der Waals surface area contributed by atoms with Crippen LogP contribution in [0.3, 0.4) is 0 Å². The molecule has 0 spiro atoms. The molecule has 0 aliphatic carbocycles. The molecule has 10 aromatic rings. The SMILES string of the molecule is C[C@H](C[C@H](C)Oc1ccc(F)cc1-c1cc(C(C)(C)CC(C)(C)C)cc(-c2cc(-c3ccccc3)cc(-c3ccccc3)c2)c1O)Oc1ccc(F)cc1-c1cc(C(C)(C)CC(C)(C)C)cc(-c2cc(-c3ccccc3)cc(-c3ccccc3)c2)c1O. The quantitative estimate of drug-likeness (QED) is 0.0899. The summed E-state index contributed by atoms with van der Waals surface area (Å²) in [4.78, 5) is 0. The van der Waals surface area contributed by atoms with Gasteiger partial charge >= 0.3 is 0 Å². The maximum absolute atomic E-state index is 15.9. The first-order valence-corrected chi connectivity index (χ1v) is 30.5. The van der Waals surface area contributed by atoms with Gasteiger partial charge in [-0.2, -0.15) is 0 Å². The zero-order chi connectivity index (χ0) is 62.0. The second kappa shape index (κ2) is 24.9. The van der Waals surface area contributed by atoms with E-state index in [0.29, 0.717) is 51.3 Å². The average Bonchev–Trinajstić information content (AvgIpc) is 0.900. The lowest BCUT2D eigenvalue weighted by molar-refractivity contribution is 0.131. The van der Waals surface area contributed by atoms with E-state index < -0.39 is 23.8 Å². The maximum Gasteiger partial charge on any atom is 0.131 e. The third-order valence-electron chi connectivity index (χ3n) is 16.4. The molecule has 0 bridgehead atoms. The summed E-state index contributed by atoms with van der Waals surface area (Å²) in [6, 6.07) is 70.9. The number of aromatic hydroxyl groups is 2. The Balaban J connectivity index is 1.02. The molecule has 2 atom stereocenters. The van der Waals surface area contributed by atoms with Crippen molar-refractivity contribution in [3.8, 4) is 112 Å². The van der Waals surface area contributed by atoms with Crippen LogP contribution in [0, 0.1) is 22.5 Å². The van der Waals surface area contributed by atoms with Crippen LogP contribution < -0.4 is 9.47 Å². The second-order valence-corrected chi connectivity index (χ2v) is 27.5. The monoisotopic (exact) mass is 1160 g/mol. The average molecular weight is 1160 g/mol. The third-order valence-corrected chi connectivity index (χ3v) is 16.4. The fourth-order valence-electron chi connectivity index (χ4n) is 13.1. The minimum absolute atomic E-state index is 0.0102. The van der Waals surface area contributed by atoms with Crippen molar-refractivity contribution in [2.24, 2.45) is 10.8 Å². The molecular weight excluding hydrogens is 1070 g/mol. The highest BCUT2D eigenvalue weighted by atomic mass is 19.1. The summed E-state index contributed by atoms with van der Waals surface area (Å²) in [5, 5.41) is 25.7. The van der Waals surface area contributed by atoms with Crippen molar-refractivity contribution >= 4 is 0 Å². The lowest BCUT2D eigenvalue weighted by Gasteiger charge is -2.34.